The number of hydrogen-bond acceptors (Lipinski definition) is 3. The fraction of sp³-hybridized carbons (Fsp3) is 0.375. The van der Waals surface area contributed by atoms with Gasteiger partial charge >= 0.3 is 5.97 Å². The summed E-state index contributed by atoms with van der Waals surface area (Å²) in [5.74, 6) is 0.182. The van der Waals surface area contributed by atoms with Crippen LogP contribution < -0.4 is 0 Å². The topological polar surface area (TPSA) is 35.5 Å². The van der Waals surface area contributed by atoms with Crippen molar-refractivity contribution in [3.63, 3.8) is 0 Å². The molecule has 0 heterocycles. The maximum Gasteiger partial charge on any atom is 0.337 e. The van der Waals surface area contributed by atoms with Crippen LogP contribution >= 0.6 is 0 Å². The third-order valence-electron chi connectivity index (χ3n) is 1.15. The van der Waals surface area contributed by atoms with Crippen LogP contribution in [0, 0.1) is 0 Å². The summed E-state index contributed by atoms with van der Waals surface area (Å²) in [4.78, 5) is 10.7. The zero-order valence-corrected chi connectivity index (χ0v) is 7.01. The Morgan fingerprint density at radius 3 is 2.27 bits per heavy atom. The molecule has 0 fully saturated rings. The Morgan fingerprint density at radius 2 is 1.91 bits per heavy atom. The molecule has 0 aromatic heterocycles. The van der Waals surface area contributed by atoms with Crippen LogP contribution in [-0.2, 0) is 14.3 Å². The van der Waals surface area contributed by atoms with Gasteiger partial charge in [0.05, 0.1) is 25.6 Å². The van der Waals surface area contributed by atoms with E-state index in [1.54, 1.807) is 6.92 Å². The number of carbonyl (C=O) groups is 1. The van der Waals surface area contributed by atoms with E-state index in [0.717, 1.165) is 0 Å². The standard InChI is InChI=1S/C8H12O3/c1-6(8(9)11-4)5-7(2)10-3/h5H,1H2,2-4H3. The molecule has 0 bridgehead atoms. The summed E-state index contributed by atoms with van der Waals surface area (Å²) in [5, 5.41) is 0. The van der Waals surface area contributed by atoms with Crippen molar-refractivity contribution in [1.82, 2.24) is 0 Å². The van der Waals surface area contributed by atoms with Gasteiger partial charge in [-0.15, -0.1) is 0 Å². The SMILES string of the molecule is C=C(C=C(C)OC)C(=O)OC. The monoisotopic (exact) mass is 156 g/mol. The number of esters is 1. The summed E-state index contributed by atoms with van der Waals surface area (Å²) in [6, 6.07) is 0. The Labute approximate surface area is 66.3 Å². The minimum atomic E-state index is -0.443. The highest BCUT2D eigenvalue weighted by Crippen LogP contribution is 2.01. The van der Waals surface area contributed by atoms with E-state index < -0.39 is 5.97 Å². The lowest BCUT2D eigenvalue weighted by molar-refractivity contribution is -0.135. The fourth-order valence-corrected chi connectivity index (χ4v) is 0.494. The van der Waals surface area contributed by atoms with E-state index in [4.69, 9.17) is 4.74 Å². The molecule has 0 aromatic rings. The van der Waals surface area contributed by atoms with Crippen LogP contribution in [0.25, 0.3) is 0 Å². The number of allylic oxidation sites excluding steroid dienone is 1. The van der Waals surface area contributed by atoms with E-state index in [9.17, 15) is 4.79 Å². The van der Waals surface area contributed by atoms with Gasteiger partial charge in [-0.05, 0) is 13.0 Å². The van der Waals surface area contributed by atoms with Crippen LogP contribution in [0.3, 0.4) is 0 Å². The summed E-state index contributed by atoms with van der Waals surface area (Å²) in [5.41, 5.74) is 0.284. The summed E-state index contributed by atoms with van der Waals surface area (Å²) in [6.45, 7) is 5.21. The van der Waals surface area contributed by atoms with Crippen LogP contribution in [0.1, 0.15) is 6.92 Å². The molecule has 0 aromatic carbocycles. The molecule has 0 radical (unpaired) electrons. The number of rotatable bonds is 3. The van der Waals surface area contributed by atoms with Crippen LogP contribution in [0.5, 0.6) is 0 Å². The smallest absolute Gasteiger partial charge is 0.337 e. The highest BCUT2D eigenvalue weighted by Gasteiger charge is 2.02. The van der Waals surface area contributed by atoms with Gasteiger partial charge in [0.2, 0.25) is 0 Å². The fourth-order valence-electron chi connectivity index (χ4n) is 0.494. The van der Waals surface area contributed by atoms with Gasteiger partial charge in [-0.1, -0.05) is 6.58 Å². The zero-order valence-electron chi connectivity index (χ0n) is 7.01. The van der Waals surface area contributed by atoms with E-state index in [1.165, 1.54) is 20.3 Å². The minimum Gasteiger partial charge on any atom is -0.501 e. The number of ether oxygens (including phenoxy) is 2. The predicted molar refractivity (Wildman–Crippen MR) is 41.9 cm³/mol. The van der Waals surface area contributed by atoms with E-state index in [-0.39, 0.29) is 5.57 Å². The van der Waals surface area contributed by atoms with Crippen molar-refractivity contribution >= 4 is 5.97 Å². The van der Waals surface area contributed by atoms with Crippen molar-refractivity contribution in [3.8, 4) is 0 Å². The lowest BCUT2D eigenvalue weighted by Gasteiger charge is -1.99. The average Bonchev–Trinajstić information content (AvgIpc) is 2.02. The number of methoxy groups -OCH3 is 2. The van der Waals surface area contributed by atoms with Crippen molar-refractivity contribution in [2.45, 2.75) is 6.92 Å². The summed E-state index contributed by atoms with van der Waals surface area (Å²) < 4.78 is 9.23. The van der Waals surface area contributed by atoms with Crippen molar-refractivity contribution in [3.05, 3.63) is 24.0 Å². The Kier molecular flexibility index (Phi) is 4.03. The molecular weight excluding hydrogens is 144 g/mol. The molecule has 0 aliphatic rings. The molecule has 0 saturated carbocycles. The second-order valence-corrected chi connectivity index (χ2v) is 1.98. The van der Waals surface area contributed by atoms with Crippen molar-refractivity contribution < 1.29 is 14.3 Å². The first kappa shape index (κ1) is 9.75. The van der Waals surface area contributed by atoms with E-state index >= 15 is 0 Å². The summed E-state index contributed by atoms with van der Waals surface area (Å²) in [7, 11) is 2.83. The Bertz CT molecular complexity index is 192. The first-order valence-corrected chi connectivity index (χ1v) is 3.11. The molecule has 62 valence electrons. The van der Waals surface area contributed by atoms with Crippen LogP contribution in [0.2, 0.25) is 0 Å². The van der Waals surface area contributed by atoms with Gasteiger partial charge in [0.1, 0.15) is 0 Å². The average molecular weight is 156 g/mol. The molecule has 0 atom stereocenters. The van der Waals surface area contributed by atoms with Crippen LogP contribution in [0.15, 0.2) is 24.0 Å². The molecule has 0 N–H and O–H groups in total. The molecule has 0 rings (SSSR count). The maximum atomic E-state index is 10.7. The molecule has 11 heavy (non-hydrogen) atoms. The maximum absolute atomic E-state index is 10.7. The van der Waals surface area contributed by atoms with E-state index in [2.05, 4.69) is 11.3 Å². The minimum absolute atomic E-state index is 0.284. The van der Waals surface area contributed by atoms with Gasteiger partial charge in [-0.25, -0.2) is 4.79 Å². The largest absolute Gasteiger partial charge is 0.501 e. The molecular formula is C8H12O3. The summed E-state index contributed by atoms with van der Waals surface area (Å²) >= 11 is 0. The Balaban J connectivity index is 4.17. The second kappa shape index (κ2) is 4.55. The van der Waals surface area contributed by atoms with Gasteiger partial charge in [0.15, 0.2) is 0 Å². The highest BCUT2D eigenvalue weighted by molar-refractivity contribution is 5.90. The highest BCUT2D eigenvalue weighted by atomic mass is 16.5. The van der Waals surface area contributed by atoms with Crippen molar-refractivity contribution in [2.75, 3.05) is 14.2 Å². The van der Waals surface area contributed by atoms with Gasteiger partial charge < -0.3 is 9.47 Å². The third kappa shape index (κ3) is 3.45. The van der Waals surface area contributed by atoms with Gasteiger partial charge in [0, 0.05) is 0 Å². The van der Waals surface area contributed by atoms with E-state index in [1.807, 2.05) is 0 Å². The molecule has 0 aliphatic heterocycles. The Hall–Kier alpha value is -1.25. The van der Waals surface area contributed by atoms with Crippen LogP contribution in [0.4, 0.5) is 0 Å². The lowest BCUT2D eigenvalue weighted by atomic mass is 10.3. The molecule has 3 nitrogen and oxygen atoms in total. The molecule has 0 aliphatic carbocycles. The second-order valence-electron chi connectivity index (χ2n) is 1.98. The van der Waals surface area contributed by atoms with Crippen molar-refractivity contribution in [1.29, 1.82) is 0 Å². The van der Waals surface area contributed by atoms with Crippen molar-refractivity contribution in [2.24, 2.45) is 0 Å². The number of hydrogen-bond donors (Lipinski definition) is 0. The van der Waals surface area contributed by atoms with Gasteiger partial charge in [0.25, 0.3) is 0 Å². The molecule has 0 saturated heterocycles. The first-order valence-electron chi connectivity index (χ1n) is 3.11. The lowest BCUT2D eigenvalue weighted by Crippen LogP contribution is -2.01. The van der Waals surface area contributed by atoms with Gasteiger partial charge in [-0.3, -0.25) is 0 Å². The molecule has 0 unspecified atom stereocenters. The van der Waals surface area contributed by atoms with Gasteiger partial charge in [-0.2, -0.15) is 0 Å². The predicted octanol–water partition coefficient (Wildman–Crippen LogP) is 1.27. The molecule has 3 heteroatoms. The normalized spacial score (nSPS) is 10.6. The molecule has 0 amide bonds. The first-order chi connectivity index (χ1) is 5.11. The quantitative estimate of drug-likeness (QED) is 0.267. The zero-order chi connectivity index (χ0) is 8.85. The third-order valence-corrected chi connectivity index (χ3v) is 1.15. The van der Waals surface area contributed by atoms with Crippen LogP contribution in [-0.4, -0.2) is 20.2 Å². The van der Waals surface area contributed by atoms with E-state index in [0.29, 0.717) is 5.76 Å². The Morgan fingerprint density at radius 1 is 1.36 bits per heavy atom. The molecule has 0 spiro atoms. The summed E-state index contributed by atoms with van der Waals surface area (Å²) in [6.07, 6.45) is 1.52. The number of carbonyl (C=O) groups excluding carboxylic acids is 1.